The molecule has 0 spiro atoms. The molecule has 0 saturated carbocycles. The van der Waals surface area contributed by atoms with Gasteiger partial charge in [0.25, 0.3) is 0 Å². The number of hydrogen-bond donors (Lipinski definition) is 1. The third-order valence-corrected chi connectivity index (χ3v) is 2.33. The van der Waals surface area contributed by atoms with Gasteiger partial charge in [-0.05, 0) is 38.3 Å². The molecule has 3 heteroatoms. The quantitative estimate of drug-likeness (QED) is 0.819. The topological polar surface area (TPSA) is 42.2 Å². The summed E-state index contributed by atoms with van der Waals surface area (Å²) in [6.07, 6.45) is 3.77. The molecule has 84 valence electrons. The average Bonchev–Trinajstić information content (AvgIpc) is 2.14. The van der Waals surface area contributed by atoms with Crippen molar-refractivity contribution in [3.05, 3.63) is 23.9 Å². The molecule has 15 heavy (non-hydrogen) atoms. The number of aromatic nitrogens is 1. The summed E-state index contributed by atoms with van der Waals surface area (Å²) in [7, 11) is 4.03. The summed E-state index contributed by atoms with van der Waals surface area (Å²) in [5, 5.41) is 0. The first-order valence-electron chi connectivity index (χ1n) is 5.30. The van der Waals surface area contributed by atoms with Crippen LogP contribution in [-0.4, -0.2) is 24.6 Å². The molecule has 0 unspecified atom stereocenters. The van der Waals surface area contributed by atoms with Crippen molar-refractivity contribution in [3.63, 3.8) is 0 Å². The Morgan fingerprint density at radius 2 is 2.07 bits per heavy atom. The number of nitrogens with zero attached hydrogens (tertiary/aromatic N) is 2. The minimum Gasteiger partial charge on any atom is -0.363 e. The van der Waals surface area contributed by atoms with Gasteiger partial charge in [0, 0.05) is 25.8 Å². The largest absolute Gasteiger partial charge is 0.363 e. The van der Waals surface area contributed by atoms with Crippen LogP contribution in [-0.2, 0) is 6.42 Å². The highest BCUT2D eigenvalue weighted by Gasteiger charge is 2.12. The Balaban J connectivity index is 2.76. The van der Waals surface area contributed by atoms with Gasteiger partial charge < -0.3 is 10.6 Å². The zero-order valence-corrected chi connectivity index (χ0v) is 10.1. The molecule has 0 aliphatic heterocycles. The van der Waals surface area contributed by atoms with E-state index in [0.29, 0.717) is 0 Å². The Bertz CT molecular complexity index is 313. The molecule has 0 radical (unpaired) electrons. The molecule has 0 aromatic carbocycles. The number of rotatable bonds is 4. The second-order valence-electron chi connectivity index (χ2n) is 4.87. The lowest BCUT2D eigenvalue weighted by molar-refractivity contribution is 0.476. The summed E-state index contributed by atoms with van der Waals surface area (Å²) in [5.41, 5.74) is 7.13. The van der Waals surface area contributed by atoms with Crippen LogP contribution in [0, 0.1) is 0 Å². The molecule has 0 saturated heterocycles. The van der Waals surface area contributed by atoms with Gasteiger partial charge in [-0.3, -0.25) is 0 Å². The zero-order chi connectivity index (χ0) is 11.5. The van der Waals surface area contributed by atoms with Gasteiger partial charge >= 0.3 is 0 Å². The molecule has 1 heterocycles. The number of pyridine rings is 1. The second kappa shape index (κ2) is 4.62. The van der Waals surface area contributed by atoms with Gasteiger partial charge in [0.05, 0.1) is 0 Å². The Hall–Kier alpha value is -1.09. The summed E-state index contributed by atoms with van der Waals surface area (Å²) in [5.74, 6) is 1.04. The van der Waals surface area contributed by atoms with Gasteiger partial charge in [-0.2, -0.15) is 0 Å². The second-order valence-corrected chi connectivity index (χ2v) is 4.87. The van der Waals surface area contributed by atoms with E-state index in [1.165, 1.54) is 5.56 Å². The number of hydrogen-bond acceptors (Lipinski definition) is 3. The third kappa shape index (κ3) is 3.88. The van der Waals surface area contributed by atoms with Crippen molar-refractivity contribution in [2.45, 2.75) is 32.2 Å². The van der Waals surface area contributed by atoms with Crippen molar-refractivity contribution in [1.82, 2.24) is 4.98 Å². The van der Waals surface area contributed by atoms with Gasteiger partial charge in [0.1, 0.15) is 5.82 Å². The van der Waals surface area contributed by atoms with Crippen LogP contribution in [0.1, 0.15) is 25.8 Å². The lowest BCUT2D eigenvalue weighted by Crippen LogP contribution is -2.32. The number of nitrogens with two attached hydrogens (primary N) is 1. The molecule has 0 aliphatic carbocycles. The fourth-order valence-electron chi connectivity index (χ4n) is 1.48. The van der Waals surface area contributed by atoms with Gasteiger partial charge in [-0.1, -0.05) is 6.07 Å². The predicted molar refractivity (Wildman–Crippen MR) is 65.2 cm³/mol. The lowest BCUT2D eigenvalue weighted by Gasteiger charge is -2.20. The Kier molecular flexibility index (Phi) is 3.69. The van der Waals surface area contributed by atoms with E-state index in [0.717, 1.165) is 18.7 Å². The SMILES string of the molecule is CN(C)c1ncccc1CCC(C)(C)N. The first kappa shape index (κ1) is 12.0. The molecule has 2 N–H and O–H groups in total. The van der Waals surface area contributed by atoms with Crippen molar-refractivity contribution in [2.24, 2.45) is 5.73 Å². The van der Waals surface area contributed by atoms with E-state index in [4.69, 9.17) is 5.73 Å². The average molecular weight is 207 g/mol. The van der Waals surface area contributed by atoms with Crippen molar-refractivity contribution < 1.29 is 0 Å². The molecule has 0 aliphatic rings. The minimum atomic E-state index is -0.112. The Morgan fingerprint density at radius 1 is 1.40 bits per heavy atom. The van der Waals surface area contributed by atoms with Crippen molar-refractivity contribution >= 4 is 5.82 Å². The summed E-state index contributed by atoms with van der Waals surface area (Å²) in [4.78, 5) is 6.40. The maximum Gasteiger partial charge on any atom is 0.131 e. The van der Waals surface area contributed by atoms with E-state index in [1.807, 2.05) is 31.3 Å². The maximum atomic E-state index is 5.98. The molecule has 0 amide bonds. The van der Waals surface area contributed by atoms with Crippen LogP contribution >= 0.6 is 0 Å². The van der Waals surface area contributed by atoms with Crippen LogP contribution < -0.4 is 10.6 Å². The van der Waals surface area contributed by atoms with E-state index < -0.39 is 0 Å². The molecule has 1 rings (SSSR count). The summed E-state index contributed by atoms with van der Waals surface area (Å²) in [6, 6.07) is 4.10. The molecule has 3 nitrogen and oxygen atoms in total. The molecule has 1 aromatic rings. The van der Waals surface area contributed by atoms with Crippen LogP contribution in [0.2, 0.25) is 0 Å². The molecule has 0 atom stereocenters. The van der Waals surface area contributed by atoms with Crippen LogP contribution in [0.5, 0.6) is 0 Å². The van der Waals surface area contributed by atoms with Crippen molar-refractivity contribution in [2.75, 3.05) is 19.0 Å². The van der Waals surface area contributed by atoms with Crippen LogP contribution in [0.25, 0.3) is 0 Å². The first-order valence-corrected chi connectivity index (χ1v) is 5.30. The molecular weight excluding hydrogens is 186 g/mol. The standard InChI is InChI=1S/C12H21N3/c1-12(2,13)8-7-10-6-5-9-14-11(10)15(3)4/h5-6,9H,7-8,13H2,1-4H3. The number of aryl methyl sites for hydroxylation is 1. The fraction of sp³-hybridized carbons (Fsp3) is 0.583. The highest BCUT2D eigenvalue weighted by molar-refractivity contribution is 5.45. The molecule has 0 fully saturated rings. The van der Waals surface area contributed by atoms with Crippen LogP contribution in [0.4, 0.5) is 5.82 Å². The van der Waals surface area contributed by atoms with E-state index in [-0.39, 0.29) is 5.54 Å². The highest BCUT2D eigenvalue weighted by Crippen LogP contribution is 2.18. The van der Waals surface area contributed by atoms with E-state index in [9.17, 15) is 0 Å². The summed E-state index contributed by atoms with van der Waals surface area (Å²) < 4.78 is 0. The third-order valence-electron chi connectivity index (χ3n) is 2.33. The summed E-state index contributed by atoms with van der Waals surface area (Å²) >= 11 is 0. The maximum absolute atomic E-state index is 5.98. The number of anilines is 1. The summed E-state index contributed by atoms with van der Waals surface area (Å²) in [6.45, 7) is 4.11. The van der Waals surface area contributed by atoms with Crippen molar-refractivity contribution in [1.29, 1.82) is 0 Å². The fourth-order valence-corrected chi connectivity index (χ4v) is 1.48. The monoisotopic (exact) mass is 207 g/mol. The predicted octanol–water partition coefficient (Wildman–Crippen LogP) is 1.82. The van der Waals surface area contributed by atoms with Crippen LogP contribution in [0.15, 0.2) is 18.3 Å². The van der Waals surface area contributed by atoms with Gasteiger partial charge in [0.15, 0.2) is 0 Å². The molecule has 0 bridgehead atoms. The Labute approximate surface area is 92.3 Å². The van der Waals surface area contributed by atoms with E-state index in [2.05, 4.69) is 24.9 Å². The first-order chi connectivity index (χ1) is 6.90. The Morgan fingerprint density at radius 3 is 2.60 bits per heavy atom. The normalized spacial score (nSPS) is 11.5. The lowest BCUT2D eigenvalue weighted by atomic mass is 9.97. The van der Waals surface area contributed by atoms with Crippen molar-refractivity contribution in [3.8, 4) is 0 Å². The van der Waals surface area contributed by atoms with Crippen LogP contribution in [0.3, 0.4) is 0 Å². The van der Waals surface area contributed by atoms with E-state index >= 15 is 0 Å². The van der Waals surface area contributed by atoms with Gasteiger partial charge in [0.2, 0.25) is 0 Å². The van der Waals surface area contributed by atoms with Gasteiger partial charge in [-0.25, -0.2) is 4.98 Å². The zero-order valence-electron chi connectivity index (χ0n) is 10.1. The molecular formula is C12H21N3. The van der Waals surface area contributed by atoms with Gasteiger partial charge in [-0.15, -0.1) is 0 Å². The molecule has 1 aromatic heterocycles. The minimum absolute atomic E-state index is 0.112. The smallest absolute Gasteiger partial charge is 0.131 e. The van der Waals surface area contributed by atoms with E-state index in [1.54, 1.807) is 0 Å². The highest BCUT2D eigenvalue weighted by atomic mass is 15.1.